The molecular formula is C25H51N3O2. The van der Waals surface area contributed by atoms with Crippen LogP contribution in [0.3, 0.4) is 0 Å². The lowest BCUT2D eigenvalue weighted by Crippen LogP contribution is -2.31. The second-order valence-electron chi connectivity index (χ2n) is 8.79. The number of nitrogens with zero attached hydrogens (tertiary/aromatic N) is 1. The first-order chi connectivity index (χ1) is 14.6. The molecule has 4 N–H and O–H groups in total. The van der Waals surface area contributed by atoms with E-state index in [1.807, 2.05) is 4.90 Å². The van der Waals surface area contributed by atoms with Crippen LogP contribution in [0.5, 0.6) is 0 Å². The number of amides is 2. The average molecular weight is 426 g/mol. The number of nitrogens with two attached hydrogens (primary N) is 2. The Labute approximate surface area is 186 Å². The maximum absolute atomic E-state index is 11.8. The van der Waals surface area contributed by atoms with Crippen molar-refractivity contribution in [2.24, 2.45) is 11.5 Å². The number of hydrogen-bond donors (Lipinski definition) is 2. The number of unbranched alkanes of at least 4 members (excludes halogenated alkanes) is 11. The summed E-state index contributed by atoms with van der Waals surface area (Å²) in [6.07, 6.45) is 22.6. The van der Waals surface area contributed by atoms with Crippen LogP contribution in [0.4, 0.5) is 0 Å². The van der Waals surface area contributed by atoms with Crippen LogP contribution in [0.25, 0.3) is 0 Å². The average Bonchev–Trinajstić information content (AvgIpc) is 3.02. The third-order valence-electron chi connectivity index (χ3n) is 5.83. The van der Waals surface area contributed by atoms with Gasteiger partial charge in [0.1, 0.15) is 0 Å². The van der Waals surface area contributed by atoms with E-state index >= 15 is 0 Å². The van der Waals surface area contributed by atoms with Crippen LogP contribution in [0.1, 0.15) is 129 Å². The van der Waals surface area contributed by atoms with E-state index in [9.17, 15) is 9.59 Å². The topological polar surface area (TPSA) is 89.4 Å². The molecule has 1 saturated heterocycles. The van der Waals surface area contributed by atoms with Crippen LogP contribution in [0.15, 0.2) is 0 Å². The van der Waals surface area contributed by atoms with Gasteiger partial charge in [-0.2, -0.15) is 0 Å². The molecule has 0 atom stereocenters. The van der Waals surface area contributed by atoms with Crippen molar-refractivity contribution in [1.82, 2.24) is 4.90 Å². The van der Waals surface area contributed by atoms with Crippen LogP contribution in [0.2, 0.25) is 0 Å². The fourth-order valence-electron chi connectivity index (χ4n) is 3.86. The van der Waals surface area contributed by atoms with Gasteiger partial charge in [0.05, 0.1) is 0 Å². The Morgan fingerprint density at radius 1 is 0.667 bits per heavy atom. The molecule has 5 heteroatoms. The van der Waals surface area contributed by atoms with Crippen LogP contribution < -0.4 is 11.5 Å². The quantitative estimate of drug-likeness (QED) is 0.311. The van der Waals surface area contributed by atoms with E-state index in [1.54, 1.807) is 0 Å². The lowest BCUT2D eigenvalue weighted by atomic mass is 10.1. The van der Waals surface area contributed by atoms with Gasteiger partial charge in [-0.15, -0.1) is 0 Å². The fourth-order valence-corrected chi connectivity index (χ4v) is 3.86. The van der Waals surface area contributed by atoms with Crippen molar-refractivity contribution in [3.63, 3.8) is 0 Å². The Balaban J connectivity index is 0.000000567. The zero-order valence-electron chi connectivity index (χ0n) is 20.0. The molecule has 0 bridgehead atoms. The van der Waals surface area contributed by atoms with Gasteiger partial charge in [0.2, 0.25) is 11.8 Å². The molecule has 0 saturated carbocycles. The van der Waals surface area contributed by atoms with Gasteiger partial charge in [-0.05, 0) is 38.6 Å². The Bertz CT molecular complexity index is 382. The molecule has 2 amide bonds. The van der Waals surface area contributed by atoms with Crippen LogP contribution in [-0.4, -0.2) is 36.3 Å². The van der Waals surface area contributed by atoms with Gasteiger partial charge >= 0.3 is 0 Å². The molecule has 0 aromatic rings. The van der Waals surface area contributed by atoms with Crippen molar-refractivity contribution < 1.29 is 9.59 Å². The highest BCUT2D eigenvalue weighted by Crippen LogP contribution is 2.12. The molecule has 178 valence electrons. The first-order valence-corrected chi connectivity index (χ1v) is 12.9. The lowest BCUT2D eigenvalue weighted by Gasteiger charge is -2.20. The number of carbonyl (C=O) groups is 2. The van der Waals surface area contributed by atoms with E-state index in [0.29, 0.717) is 12.8 Å². The minimum atomic E-state index is -0.276. The molecule has 0 aliphatic carbocycles. The van der Waals surface area contributed by atoms with Crippen molar-refractivity contribution in [2.45, 2.75) is 129 Å². The highest BCUT2D eigenvalue weighted by molar-refractivity contribution is 5.76. The molecule has 5 nitrogen and oxygen atoms in total. The molecule has 1 rings (SSSR count). The van der Waals surface area contributed by atoms with E-state index in [0.717, 1.165) is 45.3 Å². The summed E-state index contributed by atoms with van der Waals surface area (Å²) in [5.74, 6) is -0.0337. The smallest absolute Gasteiger partial charge is 0.222 e. The molecular weight excluding hydrogens is 374 g/mol. The summed E-state index contributed by atoms with van der Waals surface area (Å²) in [6, 6.07) is 0. The Kier molecular flexibility index (Phi) is 21.8. The normalized spacial score (nSPS) is 14.0. The van der Waals surface area contributed by atoms with E-state index < -0.39 is 0 Å². The third-order valence-corrected chi connectivity index (χ3v) is 5.83. The van der Waals surface area contributed by atoms with E-state index in [-0.39, 0.29) is 11.8 Å². The van der Waals surface area contributed by atoms with Crippen LogP contribution in [-0.2, 0) is 9.59 Å². The van der Waals surface area contributed by atoms with E-state index in [2.05, 4.69) is 6.92 Å². The maximum Gasteiger partial charge on any atom is 0.222 e. The number of hydrogen-bond acceptors (Lipinski definition) is 3. The maximum atomic E-state index is 11.8. The highest BCUT2D eigenvalue weighted by atomic mass is 16.2. The zero-order chi connectivity index (χ0) is 22.3. The Hall–Kier alpha value is -1.10. The summed E-state index contributed by atoms with van der Waals surface area (Å²) in [5.41, 5.74) is 10.5. The predicted octanol–water partition coefficient (Wildman–Crippen LogP) is 5.69. The van der Waals surface area contributed by atoms with Gasteiger partial charge in [0.15, 0.2) is 0 Å². The molecule has 0 aromatic heterocycles. The van der Waals surface area contributed by atoms with Crippen molar-refractivity contribution in [3.05, 3.63) is 0 Å². The Morgan fingerprint density at radius 2 is 1.13 bits per heavy atom. The van der Waals surface area contributed by atoms with Gasteiger partial charge < -0.3 is 16.4 Å². The molecule has 1 aliphatic heterocycles. The SMILES string of the molecule is CCCCCCCCCCCCCN.NC(=O)CCCCC(=O)N1CCCCCC1. The molecule has 1 aliphatic rings. The first-order valence-electron chi connectivity index (χ1n) is 12.9. The van der Waals surface area contributed by atoms with Gasteiger partial charge in [-0.25, -0.2) is 0 Å². The summed E-state index contributed by atoms with van der Waals surface area (Å²) < 4.78 is 0. The fraction of sp³-hybridized carbons (Fsp3) is 0.920. The molecule has 0 spiro atoms. The number of rotatable bonds is 16. The van der Waals surface area contributed by atoms with E-state index in [4.69, 9.17) is 11.5 Å². The largest absolute Gasteiger partial charge is 0.370 e. The van der Waals surface area contributed by atoms with Gasteiger partial charge in [0.25, 0.3) is 0 Å². The predicted molar refractivity (Wildman–Crippen MR) is 128 cm³/mol. The first kappa shape index (κ1) is 28.9. The molecule has 1 heterocycles. The minimum absolute atomic E-state index is 0.242. The van der Waals surface area contributed by atoms with Crippen LogP contribution >= 0.6 is 0 Å². The summed E-state index contributed by atoms with van der Waals surface area (Å²) >= 11 is 0. The van der Waals surface area contributed by atoms with Crippen molar-refractivity contribution in [2.75, 3.05) is 19.6 Å². The Morgan fingerprint density at radius 3 is 1.60 bits per heavy atom. The third kappa shape index (κ3) is 20.2. The highest BCUT2D eigenvalue weighted by Gasteiger charge is 2.14. The van der Waals surface area contributed by atoms with Crippen LogP contribution in [0, 0.1) is 0 Å². The minimum Gasteiger partial charge on any atom is -0.370 e. The number of primary amides is 1. The van der Waals surface area contributed by atoms with Crippen molar-refractivity contribution in [1.29, 1.82) is 0 Å². The number of carbonyl (C=O) groups excluding carboxylic acids is 2. The summed E-state index contributed by atoms with van der Waals surface area (Å²) in [5, 5.41) is 0. The monoisotopic (exact) mass is 425 g/mol. The molecule has 0 unspecified atom stereocenters. The summed E-state index contributed by atoms with van der Waals surface area (Å²) in [4.78, 5) is 24.3. The molecule has 0 radical (unpaired) electrons. The second-order valence-corrected chi connectivity index (χ2v) is 8.79. The van der Waals surface area contributed by atoms with E-state index in [1.165, 1.54) is 83.5 Å². The van der Waals surface area contributed by atoms with Crippen molar-refractivity contribution in [3.8, 4) is 0 Å². The summed E-state index contributed by atoms with van der Waals surface area (Å²) in [7, 11) is 0. The number of likely N-dealkylation sites (tertiary alicyclic amines) is 1. The second kappa shape index (κ2) is 22.6. The lowest BCUT2D eigenvalue weighted by molar-refractivity contribution is -0.131. The standard InChI is InChI=1S/C13H29N.C12H22N2O2/c1-2-3-4-5-6-7-8-9-10-11-12-13-14;13-11(15)7-3-4-8-12(16)14-9-5-1-2-6-10-14/h2-14H2,1H3;1-10H2,(H2,13,15). The van der Waals surface area contributed by atoms with Crippen molar-refractivity contribution >= 4 is 11.8 Å². The van der Waals surface area contributed by atoms with Gasteiger partial charge in [-0.1, -0.05) is 84.0 Å². The molecule has 0 aromatic carbocycles. The summed E-state index contributed by atoms with van der Waals surface area (Å²) in [6.45, 7) is 4.97. The molecule has 30 heavy (non-hydrogen) atoms. The van der Waals surface area contributed by atoms with Gasteiger partial charge in [0, 0.05) is 25.9 Å². The molecule has 1 fully saturated rings. The van der Waals surface area contributed by atoms with Gasteiger partial charge in [-0.3, -0.25) is 9.59 Å². The zero-order valence-corrected chi connectivity index (χ0v) is 20.0.